The zero-order chi connectivity index (χ0) is 28.0. The van der Waals surface area contributed by atoms with Crippen LogP contribution in [0, 0.1) is 0 Å². The van der Waals surface area contributed by atoms with Crippen LogP contribution in [0.25, 0.3) is 16.3 Å². The number of pyridine rings is 1. The lowest BCUT2D eigenvalue weighted by Gasteiger charge is -2.47. The lowest BCUT2D eigenvalue weighted by molar-refractivity contribution is -0.192. The van der Waals surface area contributed by atoms with Crippen LogP contribution in [0.4, 0.5) is 17.6 Å². The van der Waals surface area contributed by atoms with Crippen molar-refractivity contribution in [1.82, 2.24) is 23.9 Å². The minimum Gasteiger partial charge on any atom is -0.377 e. The summed E-state index contributed by atoms with van der Waals surface area (Å²) >= 11 is 10.2. The molecule has 0 spiro atoms. The highest BCUT2D eigenvalue weighted by Crippen LogP contribution is 2.39. The Labute approximate surface area is 234 Å². The third-order valence-electron chi connectivity index (χ3n) is 5.84. The van der Waals surface area contributed by atoms with Crippen LogP contribution in [0.2, 0.25) is 30.7 Å². The lowest BCUT2D eigenvalue weighted by Crippen LogP contribution is -2.68. The number of halogens is 6. The van der Waals surface area contributed by atoms with Crippen LogP contribution >= 0.6 is 38.9 Å². The van der Waals surface area contributed by atoms with Crippen molar-refractivity contribution in [3.63, 3.8) is 0 Å². The maximum Gasteiger partial charge on any atom is 0.291 e. The van der Waals surface area contributed by atoms with Crippen LogP contribution in [0.15, 0.2) is 21.8 Å². The van der Waals surface area contributed by atoms with Crippen molar-refractivity contribution in [1.29, 1.82) is 0 Å². The summed E-state index contributed by atoms with van der Waals surface area (Å²) in [6, 6.07) is 1.81. The molecule has 1 aliphatic heterocycles. The van der Waals surface area contributed by atoms with Crippen LogP contribution in [0.1, 0.15) is 11.4 Å². The fourth-order valence-corrected chi connectivity index (χ4v) is 7.72. The second-order valence-corrected chi connectivity index (χ2v) is 19.5. The molecular formula is C20H23BrClF4N5O4S2Si. The first-order valence-corrected chi connectivity index (χ1v) is 18.3. The Morgan fingerprint density at radius 2 is 1.97 bits per heavy atom. The van der Waals surface area contributed by atoms with Crippen molar-refractivity contribution in [2.24, 2.45) is 0 Å². The predicted octanol–water partition coefficient (Wildman–Crippen LogP) is 5.54. The van der Waals surface area contributed by atoms with E-state index in [2.05, 4.69) is 50.8 Å². The molecule has 0 radical (unpaired) electrons. The molecule has 38 heavy (non-hydrogen) atoms. The van der Waals surface area contributed by atoms with Crippen LogP contribution in [-0.4, -0.2) is 78.9 Å². The minimum absolute atomic E-state index is 0.0105. The van der Waals surface area contributed by atoms with Gasteiger partial charge < -0.3 is 9.47 Å². The monoisotopic (exact) mass is 679 g/mol. The Kier molecular flexibility index (Phi) is 8.60. The Balaban J connectivity index is 1.79. The average Bonchev–Trinajstić information content (AvgIpc) is 3.38. The first-order chi connectivity index (χ1) is 17.7. The second-order valence-electron chi connectivity index (χ2n) is 9.81. The van der Waals surface area contributed by atoms with Crippen molar-refractivity contribution in [2.45, 2.75) is 49.0 Å². The molecule has 0 amide bonds. The lowest BCUT2D eigenvalue weighted by atomic mass is 9.99. The molecule has 4 heterocycles. The first kappa shape index (κ1) is 29.8. The van der Waals surface area contributed by atoms with E-state index in [1.807, 2.05) is 0 Å². The number of hydrogen-bond acceptors (Lipinski definition) is 8. The highest BCUT2D eigenvalue weighted by atomic mass is 79.9. The Morgan fingerprint density at radius 3 is 2.50 bits per heavy atom. The molecule has 1 aliphatic rings. The molecule has 1 saturated heterocycles. The largest absolute Gasteiger partial charge is 0.377 e. The zero-order valence-corrected chi connectivity index (χ0v) is 25.3. The minimum atomic E-state index is -4.63. The fourth-order valence-electron chi connectivity index (χ4n) is 3.59. The maximum atomic E-state index is 14.3. The molecule has 0 N–H and O–H groups in total. The maximum absolute atomic E-state index is 14.3. The van der Waals surface area contributed by atoms with Crippen LogP contribution in [-0.2, 0) is 19.5 Å². The van der Waals surface area contributed by atoms with E-state index in [0.29, 0.717) is 21.7 Å². The molecule has 210 valence electrons. The van der Waals surface area contributed by atoms with E-state index in [1.165, 1.54) is 4.40 Å². The number of imidazole rings is 1. The number of rotatable bonds is 11. The molecule has 0 saturated carbocycles. The molecule has 3 aromatic rings. The van der Waals surface area contributed by atoms with Gasteiger partial charge in [-0.25, -0.2) is 31.0 Å². The Morgan fingerprint density at radius 1 is 1.29 bits per heavy atom. The molecule has 1 fully saturated rings. The van der Waals surface area contributed by atoms with Crippen molar-refractivity contribution >= 4 is 62.5 Å². The van der Waals surface area contributed by atoms with Gasteiger partial charge in [0.2, 0.25) is 10.0 Å². The van der Waals surface area contributed by atoms with Gasteiger partial charge in [-0.2, -0.15) is 4.31 Å². The zero-order valence-electron chi connectivity index (χ0n) is 20.3. The van der Waals surface area contributed by atoms with E-state index < -0.39 is 66.3 Å². The van der Waals surface area contributed by atoms with Crippen molar-refractivity contribution in [3.05, 3.63) is 26.9 Å². The summed E-state index contributed by atoms with van der Waals surface area (Å²) < 4.78 is 95.0. The average molecular weight is 681 g/mol. The van der Waals surface area contributed by atoms with Crippen LogP contribution in [0.3, 0.4) is 0 Å². The number of alkyl halides is 4. The highest BCUT2D eigenvalue weighted by molar-refractivity contribution is 9.10. The van der Waals surface area contributed by atoms with Gasteiger partial charge in [-0.3, -0.25) is 4.40 Å². The number of fused-ring (bicyclic) bond motifs is 1. The van der Waals surface area contributed by atoms with E-state index in [4.69, 9.17) is 21.1 Å². The summed E-state index contributed by atoms with van der Waals surface area (Å²) in [6.07, 6.45) is -4.79. The molecule has 9 nitrogen and oxygen atoms in total. The van der Waals surface area contributed by atoms with Gasteiger partial charge >= 0.3 is 0 Å². The van der Waals surface area contributed by atoms with Gasteiger partial charge in [0.25, 0.3) is 12.9 Å². The van der Waals surface area contributed by atoms with Gasteiger partial charge in [-0.15, -0.1) is 10.2 Å². The van der Waals surface area contributed by atoms with E-state index in [0.717, 1.165) is 12.3 Å². The summed E-state index contributed by atoms with van der Waals surface area (Å²) in [6.45, 7) is 4.86. The molecule has 0 unspecified atom stereocenters. The fraction of sp³-hybridized carbons (Fsp3) is 0.550. The third kappa shape index (κ3) is 5.66. The summed E-state index contributed by atoms with van der Waals surface area (Å²) in [5.74, 6) is -0.0105. The first-order valence-electron chi connectivity index (χ1n) is 11.1. The number of hydrogen-bond donors (Lipinski definition) is 0. The number of aromatic nitrogens is 4. The Hall–Kier alpha value is -1.21. The van der Waals surface area contributed by atoms with Crippen molar-refractivity contribution < 1.29 is 35.5 Å². The molecule has 0 atom stereocenters. The van der Waals surface area contributed by atoms with Gasteiger partial charge in [0.05, 0.1) is 23.8 Å². The molecule has 18 heteroatoms. The summed E-state index contributed by atoms with van der Waals surface area (Å²) in [4.78, 5) is 3.81. The van der Waals surface area contributed by atoms with Gasteiger partial charge in [0, 0.05) is 20.9 Å². The smallest absolute Gasteiger partial charge is 0.291 e. The van der Waals surface area contributed by atoms with Gasteiger partial charge in [-0.1, -0.05) is 42.6 Å². The van der Waals surface area contributed by atoms with Gasteiger partial charge in [-0.05, 0) is 28.0 Å². The molecule has 3 aromatic heterocycles. The van der Waals surface area contributed by atoms with Crippen molar-refractivity contribution in [3.8, 4) is 10.8 Å². The number of nitrogens with zero attached hydrogens (tertiary/aromatic N) is 5. The molecule has 0 bridgehead atoms. The van der Waals surface area contributed by atoms with Crippen molar-refractivity contribution in [2.75, 3.05) is 26.6 Å². The van der Waals surface area contributed by atoms with Crippen LogP contribution in [0.5, 0.6) is 0 Å². The van der Waals surface area contributed by atoms with E-state index in [1.54, 1.807) is 0 Å². The normalized spacial score (nSPS) is 16.2. The number of ether oxygens (including phenoxy) is 2. The second kappa shape index (κ2) is 11.0. The van der Waals surface area contributed by atoms with Crippen LogP contribution < -0.4 is 0 Å². The summed E-state index contributed by atoms with van der Waals surface area (Å²) in [7, 11) is -6.17. The molecule has 0 aliphatic carbocycles. The summed E-state index contributed by atoms with van der Waals surface area (Å²) in [5, 5.41) is 6.53. The van der Waals surface area contributed by atoms with Gasteiger partial charge in [0.15, 0.2) is 15.8 Å². The Bertz CT molecular complexity index is 1430. The summed E-state index contributed by atoms with van der Waals surface area (Å²) in [5.41, 5.74) is -1.90. The standard InChI is InChI=1S/C20H23BrClF4N5O4S2Si/c1-38(2,3)5-4-34-10-31(20(19(25)26)8-35-9-20)37(32,33)11-6-12(22)13-14(21)27-16(30(13)7-11)18-29-28-17(36-18)15(23)24/h6-7,15,19H,4-5,8-10H2,1-3H3. The van der Waals surface area contributed by atoms with Gasteiger partial charge in [0.1, 0.15) is 21.8 Å². The third-order valence-corrected chi connectivity index (χ3v) is 11.2. The molecular weight excluding hydrogens is 658 g/mol. The quantitative estimate of drug-likeness (QED) is 0.114. The van der Waals surface area contributed by atoms with E-state index >= 15 is 0 Å². The van der Waals surface area contributed by atoms with E-state index in [9.17, 15) is 26.0 Å². The highest BCUT2D eigenvalue weighted by Gasteiger charge is 2.57. The topological polar surface area (TPSA) is 98.9 Å². The number of sulfonamides is 1. The SMILES string of the molecule is C[Si](C)(C)CCOCN(C1(C(F)F)COC1)S(=O)(=O)c1cc(Cl)c2c(Br)nc(-c3nnc(C(F)F)s3)n2c1. The predicted molar refractivity (Wildman–Crippen MR) is 139 cm³/mol. The van der Waals surface area contributed by atoms with E-state index in [-0.39, 0.29) is 32.6 Å². The molecule has 4 rings (SSSR count). The molecule has 0 aromatic carbocycles.